The van der Waals surface area contributed by atoms with E-state index in [2.05, 4.69) is 52.8 Å². The van der Waals surface area contributed by atoms with E-state index >= 15 is 0 Å². The van der Waals surface area contributed by atoms with E-state index in [0.717, 1.165) is 18.9 Å². The molecule has 16 heavy (non-hydrogen) atoms. The van der Waals surface area contributed by atoms with Crippen LogP contribution in [0.2, 0.25) is 51.9 Å². The molecule has 0 aromatic rings. The van der Waals surface area contributed by atoms with Gasteiger partial charge in [0.2, 0.25) is 0 Å². The predicted octanol–water partition coefficient (Wildman–Crippen LogP) is 4.38. The molecule has 0 aliphatic rings. The van der Waals surface area contributed by atoms with E-state index in [1.807, 2.05) is 0 Å². The van der Waals surface area contributed by atoms with Crippen LogP contribution in [0.15, 0.2) is 0 Å². The maximum absolute atomic E-state index is 6.37. The Balaban J connectivity index is 4.61. The minimum absolute atomic E-state index is 0.979. The Kier molecular flexibility index (Phi) is 6.16. The van der Waals surface area contributed by atoms with Crippen molar-refractivity contribution in [1.29, 1.82) is 0 Å². The molecule has 1 radical (unpaired) electrons. The Morgan fingerprint density at radius 3 is 1.44 bits per heavy atom. The summed E-state index contributed by atoms with van der Waals surface area (Å²) in [5.74, 6) is 0. The van der Waals surface area contributed by atoms with Gasteiger partial charge in [0.1, 0.15) is 0 Å². The molecular weight excluding hydrogens is 248 g/mol. The van der Waals surface area contributed by atoms with Gasteiger partial charge in [-0.3, -0.25) is 0 Å². The van der Waals surface area contributed by atoms with Crippen LogP contribution in [0.5, 0.6) is 0 Å². The molecule has 97 valence electrons. The zero-order valence-corrected chi connectivity index (χ0v) is 15.1. The van der Waals surface area contributed by atoms with E-state index in [4.69, 9.17) is 8.23 Å². The van der Waals surface area contributed by atoms with Crippen molar-refractivity contribution in [1.82, 2.24) is 0 Å². The van der Waals surface area contributed by atoms with Crippen LogP contribution in [-0.2, 0) is 8.23 Å². The van der Waals surface area contributed by atoms with Crippen LogP contribution in [0, 0.1) is 6.92 Å². The van der Waals surface area contributed by atoms with Gasteiger partial charge >= 0.3 is 8.56 Å². The summed E-state index contributed by atoms with van der Waals surface area (Å²) in [5, 5.41) is 0. The maximum Gasteiger partial charge on any atom is 0.314 e. The summed E-state index contributed by atoms with van der Waals surface area (Å²) in [4.78, 5) is 0. The van der Waals surface area contributed by atoms with Crippen molar-refractivity contribution in [2.75, 3.05) is 0 Å². The minimum atomic E-state index is -1.96. The molecule has 2 nitrogen and oxygen atoms in total. The normalized spacial score (nSPS) is 14.2. The third-order valence-electron chi connectivity index (χ3n) is 1.93. The van der Waals surface area contributed by atoms with Crippen molar-refractivity contribution in [3.63, 3.8) is 0 Å². The molecule has 0 N–H and O–H groups in total. The summed E-state index contributed by atoms with van der Waals surface area (Å²) >= 11 is 0. The Bertz CT molecular complexity index is 190. The van der Waals surface area contributed by atoms with Gasteiger partial charge in [0.25, 0.3) is 0 Å². The second-order valence-corrected chi connectivity index (χ2v) is 19.4. The highest BCUT2D eigenvalue weighted by Gasteiger charge is 2.39. The Morgan fingerprint density at radius 1 is 0.812 bits per heavy atom. The smallest absolute Gasteiger partial charge is 0.314 e. The predicted molar refractivity (Wildman–Crippen MR) is 79.9 cm³/mol. The monoisotopic (exact) mass is 277 g/mol. The first-order valence-electron chi connectivity index (χ1n) is 6.17. The van der Waals surface area contributed by atoms with E-state index in [0.29, 0.717) is 0 Å². The van der Waals surface area contributed by atoms with Gasteiger partial charge in [0.05, 0.1) is 0 Å². The highest BCUT2D eigenvalue weighted by molar-refractivity contribution is 6.87. The van der Waals surface area contributed by atoms with Crippen molar-refractivity contribution in [2.45, 2.75) is 64.7 Å². The van der Waals surface area contributed by atoms with Crippen molar-refractivity contribution < 1.29 is 8.23 Å². The van der Waals surface area contributed by atoms with Crippen LogP contribution in [0.25, 0.3) is 0 Å². The lowest BCUT2D eigenvalue weighted by atomic mass is 10.4. The van der Waals surface area contributed by atoms with Crippen molar-refractivity contribution >= 4 is 25.2 Å². The number of hydrogen-bond donors (Lipinski definition) is 0. The maximum atomic E-state index is 6.37. The van der Waals surface area contributed by atoms with Crippen LogP contribution in [0.1, 0.15) is 12.8 Å². The number of rotatable bonds is 7. The molecule has 0 spiro atoms. The Hall–Kier alpha value is 0.571. The zero-order valence-electron chi connectivity index (χ0n) is 12.1. The van der Waals surface area contributed by atoms with Crippen molar-refractivity contribution in [3.8, 4) is 0 Å². The fourth-order valence-corrected chi connectivity index (χ4v) is 14.5. The number of unbranched alkanes of at least 4 members (excludes halogenated alkanes) is 1. The summed E-state index contributed by atoms with van der Waals surface area (Å²) in [6.45, 7) is 19.6. The molecule has 0 aliphatic carbocycles. The van der Waals surface area contributed by atoms with E-state index in [9.17, 15) is 0 Å². The van der Waals surface area contributed by atoms with Crippen LogP contribution >= 0.6 is 0 Å². The van der Waals surface area contributed by atoms with E-state index in [-0.39, 0.29) is 0 Å². The molecule has 0 rings (SSSR count). The van der Waals surface area contributed by atoms with E-state index in [1.165, 1.54) is 0 Å². The second-order valence-electron chi connectivity index (χ2n) is 6.52. The summed E-state index contributed by atoms with van der Waals surface area (Å²) in [5.41, 5.74) is 0. The Morgan fingerprint density at radius 2 is 1.19 bits per heavy atom. The second kappa shape index (κ2) is 5.95. The molecule has 5 heteroatoms. The van der Waals surface area contributed by atoms with E-state index in [1.54, 1.807) is 0 Å². The Labute approximate surface area is 105 Å². The van der Waals surface area contributed by atoms with Crippen LogP contribution < -0.4 is 0 Å². The van der Waals surface area contributed by atoms with Gasteiger partial charge in [-0.05, 0) is 51.9 Å². The average Bonchev–Trinajstić information content (AvgIpc) is 1.93. The number of hydrogen-bond acceptors (Lipinski definition) is 2. The van der Waals surface area contributed by atoms with Gasteiger partial charge in [-0.1, -0.05) is 19.8 Å². The van der Waals surface area contributed by atoms with Gasteiger partial charge in [0.15, 0.2) is 16.6 Å². The molecular formula is C11H29O2Si3. The molecule has 0 saturated carbocycles. The molecule has 0 fully saturated rings. The zero-order chi connectivity index (χ0) is 13.0. The SMILES string of the molecule is [CH2]CCC[Si](C)(O[Si](C)(C)C)O[Si](C)(C)C. The summed E-state index contributed by atoms with van der Waals surface area (Å²) in [6, 6.07) is 1.09. The van der Waals surface area contributed by atoms with Gasteiger partial charge in [-0.2, -0.15) is 0 Å². The highest BCUT2D eigenvalue weighted by Crippen LogP contribution is 2.25. The van der Waals surface area contributed by atoms with Gasteiger partial charge < -0.3 is 8.23 Å². The molecule has 0 bridgehead atoms. The first-order valence-corrected chi connectivity index (χ1v) is 15.5. The highest BCUT2D eigenvalue weighted by atomic mass is 28.5. The van der Waals surface area contributed by atoms with Gasteiger partial charge in [0, 0.05) is 0 Å². The van der Waals surface area contributed by atoms with Crippen molar-refractivity contribution in [2.24, 2.45) is 0 Å². The third-order valence-corrected chi connectivity index (χ3v) is 11.5. The lowest BCUT2D eigenvalue weighted by Crippen LogP contribution is -2.52. The minimum Gasteiger partial charge on any atom is -0.437 e. The lowest BCUT2D eigenvalue weighted by Gasteiger charge is -2.38. The fourth-order valence-electron chi connectivity index (χ4n) is 1.86. The average molecular weight is 278 g/mol. The summed E-state index contributed by atoms with van der Waals surface area (Å²) in [7, 11) is -4.97. The van der Waals surface area contributed by atoms with Gasteiger partial charge in [-0.25, -0.2) is 0 Å². The molecule has 0 aliphatic heterocycles. The first-order chi connectivity index (χ1) is 6.97. The summed E-state index contributed by atoms with van der Waals surface area (Å²) < 4.78 is 12.7. The molecule has 0 atom stereocenters. The van der Waals surface area contributed by atoms with Crippen LogP contribution in [0.4, 0.5) is 0 Å². The summed E-state index contributed by atoms with van der Waals surface area (Å²) in [6.07, 6.45) is 2.10. The first kappa shape index (κ1) is 16.6. The molecule has 0 saturated heterocycles. The third kappa shape index (κ3) is 8.69. The van der Waals surface area contributed by atoms with Crippen LogP contribution in [-0.4, -0.2) is 25.2 Å². The van der Waals surface area contributed by atoms with E-state index < -0.39 is 25.2 Å². The lowest BCUT2D eigenvalue weighted by molar-refractivity contribution is 0.382. The molecule has 0 aromatic carbocycles. The molecule has 0 heterocycles. The van der Waals surface area contributed by atoms with Crippen LogP contribution in [0.3, 0.4) is 0 Å². The molecule has 0 aromatic heterocycles. The fraction of sp³-hybridized carbons (Fsp3) is 0.909. The molecule has 0 amide bonds. The topological polar surface area (TPSA) is 18.5 Å². The standard InChI is InChI=1S/C11H29O2Si3/c1-9-10-11-16(8,12-14(2,3)4)13-15(5,6)7/h1,9-11H2,2-8H3. The largest absolute Gasteiger partial charge is 0.437 e. The van der Waals surface area contributed by atoms with Crippen molar-refractivity contribution in [3.05, 3.63) is 6.92 Å². The quantitative estimate of drug-likeness (QED) is 0.643. The molecule has 0 unspecified atom stereocenters. The van der Waals surface area contributed by atoms with Gasteiger partial charge in [-0.15, -0.1) is 0 Å².